The molecule has 4 nitrogen and oxygen atoms in total. The molecule has 0 unspecified atom stereocenters. The first-order valence-electron chi connectivity index (χ1n) is 8.53. The number of carbonyl (C=O) groups is 1. The van der Waals surface area contributed by atoms with E-state index < -0.39 is 0 Å². The molecule has 1 aliphatic rings. The zero-order valence-corrected chi connectivity index (χ0v) is 13.4. The third kappa shape index (κ3) is 7.73. The van der Waals surface area contributed by atoms with Crippen molar-refractivity contribution >= 4 is 6.03 Å². The first-order valence-corrected chi connectivity index (χ1v) is 8.53. The van der Waals surface area contributed by atoms with E-state index in [-0.39, 0.29) is 6.03 Å². The number of hydrogen-bond donors (Lipinski definition) is 2. The lowest BCUT2D eigenvalue weighted by atomic mass is 9.96. The summed E-state index contributed by atoms with van der Waals surface area (Å²) in [6, 6.07) is 0.437. The van der Waals surface area contributed by atoms with Gasteiger partial charge in [0.15, 0.2) is 0 Å². The highest BCUT2D eigenvalue weighted by Crippen LogP contribution is 2.17. The van der Waals surface area contributed by atoms with Crippen molar-refractivity contribution in [2.24, 2.45) is 0 Å². The molecule has 0 heterocycles. The second-order valence-electron chi connectivity index (χ2n) is 5.82. The van der Waals surface area contributed by atoms with E-state index >= 15 is 0 Å². The van der Waals surface area contributed by atoms with E-state index in [2.05, 4.69) is 29.4 Å². The molecule has 0 radical (unpaired) electrons. The van der Waals surface area contributed by atoms with Gasteiger partial charge in [0.05, 0.1) is 0 Å². The largest absolute Gasteiger partial charge is 0.338 e. The molecule has 0 aliphatic heterocycles. The Kier molecular flexibility index (Phi) is 9.46. The molecule has 1 rings (SSSR count). The molecule has 0 spiro atoms. The Hall–Kier alpha value is -0.770. The van der Waals surface area contributed by atoms with Crippen LogP contribution in [0.2, 0.25) is 0 Å². The average molecular weight is 283 g/mol. The van der Waals surface area contributed by atoms with Gasteiger partial charge in [-0.25, -0.2) is 4.79 Å². The molecule has 0 saturated heterocycles. The first kappa shape index (κ1) is 17.3. The van der Waals surface area contributed by atoms with E-state index in [0.717, 1.165) is 38.9 Å². The average Bonchev–Trinajstić information content (AvgIpc) is 2.47. The minimum absolute atomic E-state index is 0.0284. The normalized spacial score (nSPS) is 16.4. The molecular formula is C16H33N3O. The van der Waals surface area contributed by atoms with Gasteiger partial charge in [0.1, 0.15) is 0 Å². The predicted octanol–water partition coefficient (Wildman–Crippen LogP) is 3.13. The number of nitrogens with one attached hydrogen (secondary N) is 2. The summed E-state index contributed by atoms with van der Waals surface area (Å²) < 4.78 is 0. The number of amides is 2. The number of unbranched alkanes of at least 4 members (excludes halogenated alkanes) is 2. The van der Waals surface area contributed by atoms with Crippen LogP contribution >= 0.6 is 0 Å². The van der Waals surface area contributed by atoms with Gasteiger partial charge < -0.3 is 15.5 Å². The summed E-state index contributed by atoms with van der Waals surface area (Å²) in [6.45, 7) is 8.68. The lowest BCUT2D eigenvalue weighted by Gasteiger charge is -2.22. The standard InChI is InChI=1S/C16H33N3O/c1-3-19(4-2)14-10-6-9-13-17-16(20)18-15-11-7-5-8-12-15/h15H,3-14H2,1-2H3,(H2,17,18,20). The Bertz CT molecular complexity index is 248. The summed E-state index contributed by atoms with van der Waals surface area (Å²) in [5.41, 5.74) is 0. The quantitative estimate of drug-likeness (QED) is 0.639. The summed E-state index contributed by atoms with van der Waals surface area (Å²) in [5, 5.41) is 6.07. The maximum Gasteiger partial charge on any atom is 0.315 e. The first-order chi connectivity index (χ1) is 9.76. The summed E-state index contributed by atoms with van der Waals surface area (Å²) in [6.07, 6.45) is 9.65. The highest BCUT2D eigenvalue weighted by Gasteiger charge is 2.14. The number of hydrogen-bond acceptors (Lipinski definition) is 2. The van der Waals surface area contributed by atoms with E-state index in [0.29, 0.717) is 6.04 Å². The molecule has 0 aromatic heterocycles. The Morgan fingerprint density at radius 1 is 1.05 bits per heavy atom. The summed E-state index contributed by atoms with van der Waals surface area (Å²) >= 11 is 0. The van der Waals surface area contributed by atoms with Crippen molar-refractivity contribution in [3.05, 3.63) is 0 Å². The molecular weight excluding hydrogens is 250 g/mol. The van der Waals surface area contributed by atoms with Crippen molar-refractivity contribution in [2.75, 3.05) is 26.2 Å². The molecule has 4 heteroatoms. The number of carbonyl (C=O) groups excluding carboxylic acids is 1. The van der Waals surface area contributed by atoms with E-state index in [9.17, 15) is 4.79 Å². The minimum Gasteiger partial charge on any atom is -0.338 e. The lowest BCUT2D eigenvalue weighted by Crippen LogP contribution is -2.43. The Labute approximate surface area is 124 Å². The van der Waals surface area contributed by atoms with Gasteiger partial charge >= 0.3 is 6.03 Å². The van der Waals surface area contributed by atoms with Crippen molar-refractivity contribution in [3.8, 4) is 0 Å². The molecule has 0 atom stereocenters. The van der Waals surface area contributed by atoms with Gasteiger partial charge in [0, 0.05) is 12.6 Å². The van der Waals surface area contributed by atoms with E-state index in [4.69, 9.17) is 0 Å². The fourth-order valence-corrected chi connectivity index (χ4v) is 2.86. The van der Waals surface area contributed by atoms with Crippen LogP contribution in [-0.4, -0.2) is 43.2 Å². The Balaban J connectivity index is 1.93. The van der Waals surface area contributed by atoms with Gasteiger partial charge in [-0.05, 0) is 45.3 Å². The lowest BCUT2D eigenvalue weighted by molar-refractivity contribution is 0.232. The predicted molar refractivity (Wildman–Crippen MR) is 85.0 cm³/mol. The van der Waals surface area contributed by atoms with Crippen LogP contribution in [0.1, 0.15) is 65.2 Å². The molecule has 0 aromatic rings. The molecule has 0 aromatic carbocycles. The fourth-order valence-electron chi connectivity index (χ4n) is 2.86. The van der Waals surface area contributed by atoms with Gasteiger partial charge in [-0.15, -0.1) is 0 Å². The molecule has 2 N–H and O–H groups in total. The molecule has 2 amide bonds. The van der Waals surface area contributed by atoms with Crippen molar-refractivity contribution in [1.82, 2.24) is 15.5 Å². The number of urea groups is 1. The second kappa shape index (κ2) is 11.0. The van der Waals surface area contributed by atoms with Crippen LogP contribution in [0.15, 0.2) is 0 Å². The van der Waals surface area contributed by atoms with E-state index in [1.54, 1.807) is 0 Å². The van der Waals surface area contributed by atoms with Crippen molar-refractivity contribution in [3.63, 3.8) is 0 Å². The molecule has 1 fully saturated rings. The molecule has 1 saturated carbocycles. The van der Waals surface area contributed by atoms with Crippen LogP contribution in [0.25, 0.3) is 0 Å². The van der Waals surface area contributed by atoms with Crippen molar-refractivity contribution < 1.29 is 4.79 Å². The monoisotopic (exact) mass is 283 g/mol. The summed E-state index contributed by atoms with van der Waals surface area (Å²) in [4.78, 5) is 14.2. The maximum atomic E-state index is 11.7. The van der Waals surface area contributed by atoms with Gasteiger partial charge in [0.2, 0.25) is 0 Å². The fraction of sp³-hybridized carbons (Fsp3) is 0.938. The van der Waals surface area contributed by atoms with Crippen molar-refractivity contribution in [2.45, 2.75) is 71.3 Å². The van der Waals surface area contributed by atoms with Gasteiger partial charge in [-0.3, -0.25) is 0 Å². The smallest absolute Gasteiger partial charge is 0.315 e. The molecule has 20 heavy (non-hydrogen) atoms. The Morgan fingerprint density at radius 3 is 2.40 bits per heavy atom. The topological polar surface area (TPSA) is 44.4 Å². The van der Waals surface area contributed by atoms with Crippen LogP contribution < -0.4 is 10.6 Å². The van der Waals surface area contributed by atoms with Crippen molar-refractivity contribution in [1.29, 1.82) is 0 Å². The second-order valence-corrected chi connectivity index (χ2v) is 5.82. The van der Waals surface area contributed by atoms with Gasteiger partial charge in [0.25, 0.3) is 0 Å². The highest BCUT2D eigenvalue weighted by atomic mass is 16.2. The third-order valence-corrected chi connectivity index (χ3v) is 4.27. The van der Waals surface area contributed by atoms with E-state index in [1.165, 1.54) is 38.6 Å². The molecule has 0 bridgehead atoms. The van der Waals surface area contributed by atoms with Crippen LogP contribution in [0.3, 0.4) is 0 Å². The minimum atomic E-state index is 0.0284. The third-order valence-electron chi connectivity index (χ3n) is 4.27. The zero-order valence-electron chi connectivity index (χ0n) is 13.4. The summed E-state index contributed by atoms with van der Waals surface area (Å²) in [5.74, 6) is 0. The molecule has 1 aliphatic carbocycles. The van der Waals surface area contributed by atoms with E-state index in [1.807, 2.05) is 0 Å². The van der Waals surface area contributed by atoms with Crippen LogP contribution in [-0.2, 0) is 0 Å². The van der Waals surface area contributed by atoms with Gasteiger partial charge in [-0.2, -0.15) is 0 Å². The number of rotatable bonds is 9. The van der Waals surface area contributed by atoms with Crippen LogP contribution in [0.5, 0.6) is 0 Å². The van der Waals surface area contributed by atoms with Crippen LogP contribution in [0, 0.1) is 0 Å². The van der Waals surface area contributed by atoms with Crippen LogP contribution in [0.4, 0.5) is 4.79 Å². The highest BCUT2D eigenvalue weighted by molar-refractivity contribution is 5.74. The Morgan fingerprint density at radius 2 is 1.75 bits per heavy atom. The number of nitrogens with zero attached hydrogens (tertiary/aromatic N) is 1. The SMILES string of the molecule is CCN(CC)CCCCCNC(=O)NC1CCCCC1. The van der Waals surface area contributed by atoms with Gasteiger partial charge in [-0.1, -0.05) is 39.5 Å². The summed E-state index contributed by atoms with van der Waals surface area (Å²) in [7, 11) is 0. The maximum absolute atomic E-state index is 11.7. The molecule has 118 valence electrons. The zero-order chi connectivity index (χ0) is 14.6.